The van der Waals surface area contributed by atoms with Gasteiger partial charge in [-0.2, -0.15) is 0 Å². The van der Waals surface area contributed by atoms with Crippen molar-refractivity contribution < 1.29 is 9.90 Å². The fourth-order valence-electron chi connectivity index (χ4n) is 1.44. The lowest BCUT2D eigenvalue weighted by Crippen LogP contribution is -2.31. The molecular formula is C14H25N3O2S. The number of carbonyl (C=O) groups is 1. The fraction of sp³-hybridized carbons (Fsp3) is 0.571. The molecule has 20 heavy (non-hydrogen) atoms. The Labute approximate surface area is 125 Å². The van der Waals surface area contributed by atoms with E-state index >= 15 is 0 Å². The third-order valence-electron chi connectivity index (χ3n) is 2.64. The standard InChI is InChI=1S/C14H25N3O2S/c1-5-7-9-15-14(16-11-19)20-12(3)17(4)13(10-18)8-6-2/h5,7-8,11-12,18H,6,9-10H2,1-4H3,(H,15,16,19)/b7-5-,13-8-. The smallest absolute Gasteiger partial charge is 0.213 e. The number of carbonyl (C=O) groups excluding carboxylic acids is 1. The Morgan fingerprint density at radius 1 is 1.55 bits per heavy atom. The maximum atomic E-state index is 10.6. The Bertz CT molecular complexity index is 367. The van der Waals surface area contributed by atoms with Gasteiger partial charge in [0.2, 0.25) is 6.41 Å². The monoisotopic (exact) mass is 299 g/mol. The Balaban J connectivity index is 4.72. The van der Waals surface area contributed by atoms with Crippen molar-refractivity contribution >= 4 is 23.3 Å². The number of amidine groups is 1. The van der Waals surface area contributed by atoms with Crippen molar-refractivity contribution in [3.63, 3.8) is 0 Å². The van der Waals surface area contributed by atoms with Crippen LogP contribution in [0, 0.1) is 0 Å². The maximum Gasteiger partial charge on any atom is 0.213 e. The van der Waals surface area contributed by atoms with Crippen molar-refractivity contribution in [1.82, 2.24) is 10.2 Å². The molecule has 0 heterocycles. The molecule has 0 saturated carbocycles. The lowest BCUT2D eigenvalue weighted by molar-refractivity contribution is -0.108. The topological polar surface area (TPSA) is 64.9 Å². The van der Waals surface area contributed by atoms with E-state index in [1.54, 1.807) is 0 Å². The van der Waals surface area contributed by atoms with E-state index in [1.165, 1.54) is 11.8 Å². The van der Waals surface area contributed by atoms with E-state index in [0.717, 1.165) is 12.1 Å². The zero-order valence-corrected chi connectivity index (χ0v) is 13.5. The van der Waals surface area contributed by atoms with Crippen molar-refractivity contribution in [2.45, 2.75) is 32.6 Å². The van der Waals surface area contributed by atoms with Gasteiger partial charge < -0.3 is 15.3 Å². The first-order valence-corrected chi connectivity index (χ1v) is 7.53. The molecular weight excluding hydrogens is 274 g/mol. The summed E-state index contributed by atoms with van der Waals surface area (Å²) in [5, 5.41) is 12.6. The largest absolute Gasteiger partial charge is 0.390 e. The molecule has 0 spiro atoms. The first-order valence-electron chi connectivity index (χ1n) is 6.65. The minimum Gasteiger partial charge on any atom is -0.390 e. The molecule has 114 valence electrons. The average Bonchev–Trinajstić information content (AvgIpc) is 2.44. The molecule has 0 aromatic carbocycles. The number of nitrogens with one attached hydrogen (secondary N) is 1. The molecule has 0 aromatic rings. The van der Waals surface area contributed by atoms with Crippen molar-refractivity contribution in [1.29, 1.82) is 0 Å². The Morgan fingerprint density at radius 3 is 2.75 bits per heavy atom. The first kappa shape index (κ1) is 18.7. The normalized spacial score (nSPS) is 14.4. The number of hydrogen-bond donors (Lipinski definition) is 2. The van der Waals surface area contributed by atoms with Crippen molar-refractivity contribution in [2.24, 2.45) is 4.99 Å². The Morgan fingerprint density at radius 2 is 2.25 bits per heavy atom. The van der Waals surface area contributed by atoms with Crippen molar-refractivity contribution in [3.8, 4) is 0 Å². The summed E-state index contributed by atoms with van der Waals surface area (Å²) in [7, 11) is 1.92. The Hall–Kier alpha value is -1.27. The zero-order valence-electron chi connectivity index (χ0n) is 12.7. The number of likely N-dealkylation sites (N-methyl/N-ethyl adjacent to an activating group) is 1. The van der Waals surface area contributed by atoms with Gasteiger partial charge >= 0.3 is 0 Å². The highest BCUT2D eigenvalue weighted by Gasteiger charge is 2.14. The molecule has 0 fully saturated rings. The highest BCUT2D eigenvalue weighted by molar-refractivity contribution is 8.14. The van der Waals surface area contributed by atoms with Crippen LogP contribution in [0.25, 0.3) is 0 Å². The zero-order chi connectivity index (χ0) is 15.4. The molecule has 0 saturated heterocycles. The highest BCUT2D eigenvalue weighted by atomic mass is 32.2. The second kappa shape index (κ2) is 11.5. The van der Waals surface area contributed by atoms with Crippen LogP contribution >= 0.6 is 11.8 Å². The summed E-state index contributed by atoms with van der Waals surface area (Å²) in [5.74, 6) is 0. The molecule has 6 heteroatoms. The lowest BCUT2D eigenvalue weighted by Gasteiger charge is -2.28. The highest BCUT2D eigenvalue weighted by Crippen LogP contribution is 2.19. The summed E-state index contributed by atoms with van der Waals surface area (Å²) >= 11 is 1.45. The number of thioether (sulfide) groups is 1. The van der Waals surface area contributed by atoms with E-state index in [2.05, 4.69) is 10.3 Å². The summed E-state index contributed by atoms with van der Waals surface area (Å²) < 4.78 is 0. The lowest BCUT2D eigenvalue weighted by atomic mass is 10.3. The SMILES string of the molecule is C/C=C\CN=C(NC=O)SC(C)N(C)/C(=C\CC)CO. The minimum atomic E-state index is 0.00139. The van der Waals surface area contributed by atoms with Crippen LogP contribution in [0.4, 0.5) is 0 Å². The number of nitrogens with zero attached hydrogens (tertiary/aromatic N) is 2. The molecule has 2 N–H and O–H groups in total. The van der Waals surface area contributed by atoms with Crippen molar-refractivity contribution in [3.05, 3.63) is 23.9 Å². The molecule has 5 nitrogen and oxygen atoms in total. The summed E-state index contributed by atoms with van der Waals surface area (Å²) in [5.41, 5.74) is 0.867. The molecule has 0 aromatic heterocycles. The van der Waals surface area contributed by atoms with Crippen molar-refractivity contribution in [2.75, 3.05) is 20.2 Å². The van der Waals surface area contributed by atoms with Gasteiger partial charge in [0.25, 0.3) is 0 Å². The van der Waals surface area contributed by atoms with Crippen LogP contribution in [0.2, 0.25) is 0 Å². The predicted octanol–water partition coefficient (Wildman–Crippen LogP) is 1.96. The van der Waals surface area contributed by atoms with Crippen LogP contribution in [0.5, 0.6) is 0 Å². The third-order valence-corrected chi connectivity index (χ3v) is 3.77. The van der Waals surface area contributed by atoms with Gasteiger partial charge in [0.05, 0.1) is 18.5 Å². The van der Waals surface area contributed by atoms with Gasteiger partial charge in [-0.3, -0.25) is 9.79 Å². The van der Waals surface area contributed by atoms with Gasteiger partial charge in [0.1, 0.15) is 0 Å². The molecule has 0 radical (unpaired) electrons. The van der Waals surface area contributed by atoms with Gasteiger partial charge in [-0.1, -0.05) is 36.9 Å². The quantitative estimate of drug-likeness (QED) is 0.236. The van der Waals surface area contributed by atoms with Gasteiger partial charge in [0, 0.05) is 12.7 Å². The summed E-state index contributed by atoms with van der Waals surface area (Å²) in [6.07, 6.45) is 7.31. The van der Waals surface area contributed by atoms with Gasteiger partial charge in [-0.15, -0.1) is 0 Å². The average molecular weight is 299 g/mol. The van der Waals surface area contributed by atoms with Crippen LogP contribution in [-0.4, -0.2) is 47.2 Å². The molecule has 0 aliphatic carbocycles. The van der Waals surface area contributed by atoms with E-state index in [9.17, 15) is 9.90 Å². The molecule has 0 aliphatic heterocycles. The number of aliphatic hydroxyl groups is 1. The number of aliphatic hydroxyl groups excluding tert-OH is 1. The molecule has 0 rings (SSSR count). The molecule has 1 amide bonds. The van der Waals surface area contributed by atoms with E-state index in [4.69, 9.17) is 0 Å². The number of aliphatic imine (C=N–C) groups is 1. The minimum absolute atomic E-state index is 0.00139. The summed E-state index contributed by atoms with van der Waals surface area (Å²) in [6.45, 7) is 6.49. The summed E-state index contributed by atoms with van der Waals surface area (Å²) in [4.78, 5) is 16.9. The second-order valence-corrected chi connectivity index (χ2v) is 5.37. The van der Waals surface area contributed by atoms with Crippen LogP contribution in [0.1, 0.15) is 27.2 Å². The fourth-order valence-corrected chi connectivity index (χ4v) is 2.32. The number of allylic oxidation sites excluding steroid dienone is 2. The van der Waals surface area contributed by atoms with E-state index in [0.29, 0.717) is 18.1 Å². The number of amides is 1. The number of hydrogen-bond acceptors (Lipinski definition) is 5. The maximum absolute atomic E-state index is 10.6. The van der Waals surface area contributed by atoms with Crippen LogP contribution in [0.15, 0.2) is 28.9 Å². The molecule has 1 atom stereocenters. The van der Waals surface area contributed by atoms with Crippen LogP contribution in [0.3, 0.4) is 0 Å². The van der Waals surface area contributed by atoms with Gasteiger partial charge in [0.15, 0.2) is 5.17 Å². The third kappa shape index (κ3) is 7.35. The number of rotatable bonds is 8. The molecule has 1 unspecified atom stereocenters. The van der Waals surface area contributed by atoms with Crippen LogP contribution < -0.4 is 5.32 Å². The van der Waals surface area contributed by atoms with E-state index in [1.807, 2.05) is 50.9 Å². The predicted molar refractivity (Wildman–Crippen MR) is 86.6 cm³/mol. The first-order chi connectivity index (χ1) is 9.60. The van der Waals surface area contributed by atoms with Crippen LogP contribution in [-0.2, 0) is 4.79 Å². The summed E-state index contributed by atoms with van der Waals surface area (Å²) in [6, 6.07) is 0. The van der Waals surface area contributed by atoms with Gasteiger partial charge in [-0.25, -0.2) is 0 Å². The molecule has 0 bridgehead atoms. The Kier molecular flexibility index (Phi) is 10.8. The second-order valence-electron chi connectivity index (χ2n) is 4.07. The molecule has 0 aliphatic rings. The van der Waals surface area contributed by atoms with E-state index in [-0.39, 0.29) is 12.0 Å². The van der Waals surface area contributed by atoms with Gasteiger partial charge in [-0.05, 0) is 20.3 Å². The van der Waals surface area contributed by atoms with E-state index < -0.39 is 0 Å².